The molecule has 0 unspecified atom stereocenters. The van der Waals surface area contributed by atoms with Crippen LogP contribution in [0.2, 0.25) is 0 Å². The van der Waals surface area contributed by atoms with Crippen molar-refractivity contribution in [3.63, 3.8) is 0 Å². The molecule has 0 spiro atoms. The molecule has 2 amide bonds. The summed E-state index contributed by atoms with van der Waals surface area (Å²) in [6.07, 6.45) is 6.63. The van der Waals surface area contributed by atoms with Crippen LogP contribution >= 0.6 is 0 Å². The lowest BCUT2D eigenvalue weighted by molar-refractivity contribution is -0.384. The minimum Gasteiger partial charge on any atom is -0.497 e. The van der Waals surface area contributed by atoms with Crippen molar-refractivity contribution in [1.82, 2.24) is 5.01 Å². The molecule has 7 rings (SSSR count). The molecule has 4 aliphatic carbocycles. The van der Waals surface area contributed by atoms with Gasteiger partial charge in [-0.2, -0.15) is 10.1 Å². The third kappa shape index (κ3) is 2.60. The summed E-state index contributed by atoms with van der Waals surface area (Å²) >= 11 is 0. The van der Waals surface area contributed by atoms with Crippen molar-refractivity contribution in [2.45, 2.75) is 6.42 Å². The molecule has 3 fully saturated rings. The fourth-order valence-electron chi connectivity index (χ4n) is 5.73. The summed E-state index contributed by atoms with van der Waals surface area (Å²) in [6.45, 7) is 0. The van der Waals surface area contributed by atoms with Gasteiger partial charge in [0.05, 0.1) is 41.7 Å². The topological polar surface area (TPSA) is 115 Å². The second kappa shape index (κ2) is 6.62. The Morgan fingerprint density at radius 1 is 1.12 bits per heavy atom. The Hall–Kier alpha value is -3.75. The standard InChI is InChI=1S/C23H19N3O6/c1-31-11-2-4-15(18(8-11)26(29)30)19-7-3-12(32-19)10-24-25-22(27)20-13-5-6-14(17-9-16(13)17)21(20)23(25)28/h2-8,10,13-14,16-17,20-21H,9H2,1H3/t13-,14-,16-,17-,20+,21+/m0/s1. The molecule has 5 aliphatic rings. The van der Waals surface area contributed by atoms with E-state index < -0.39 is 4.92 Å². The summed E-state index contributed by atoms with van der Waals surface area (Å²) in [5.41, 5.74) is 0.134. The van der Waals surface area contributed by atoms with E-state index in [2.05, 4.69) is 17.3 Å². The SMILES string of the molecule is COc1ccc(-c2ccc(C=NN3C(=O)[C@@H]4[C@H]5C=C[C@@H]([C@@H]6C[C@@H]56)[C@H]4C3=O)o2)c([N+](=O)[O-])c1. The zero-order chi connectivity index (χ0) is 22.1. The number of hydrogen-bond donors (Lipinski definition) is 0. The second-order valence-corrected chi connectivity index (χ2v) is 8.73. The van der Waals surface area contributed by atoms with E-state index in [1.807, 2.05) is 0 Å². The van der Waals surface area contributed by atoms with Gasteiger partial charge in [0.15, 0.2) is 0 Å². The Bertz CT molecular complexity index is 1190. The lowest BCUT2D eigenvalue weighted by Gasteiger charge is -2.37. The molecule has 2 saturated carbocycles. The highest BCUT2D eigenvalue weighted by Crippen LogP contribution is 2.65. The maximum atomic E-state index is 13.0. The minimum atomic E-state index is -0.510. The maximum absolute atomic E-state index is 13.0. The van der Waals surface area contributed by atoms with Crippen molar-refractivity contribution < 1.29 is 23.7 Å². The highest BCUT2D eigenvalue weighted by Gasteiger charge is 2.67. The molecule has 1 aromatic heterocycles. The van der Waals surface area contributed by atoms with E-state index in [0.29, 0.717) is 17.6 Å². The molecule has 1 saturated heterocycles. The van der Waals surface area contributed by atoms with Gasteiger partial charge in [0.2, 0.25) is 0 Å². The molecule has 1 aliphatic heterocycles. The summed E-state index contributed by atoms with van der Waals surface area (Å²) in [6, 6.07) is 7.65. The van der Waals surface area contributed by atoms with Gasteiger partial charge >= 0.3 is 0 Å². The predicted octanol–water partition coefficient (Wildman–Crippen LogP) is 3.25. The summed E-state index contributed by atoms with van der Waals surface area (Å²) in [5.74, 6) is 1.12. The van der Waals surface area contributed by atoms with E-state index in [9.17, 15) is 19.7 Å². The Kier molecular flexibility index (Phi) is 3.93. The number of rotatable bonds is 5. The average Bonchev–Trinajstić information content (AvgIpc) is 3.44. The van der Waals surface area contributed by atoms with Crippen molar-refractivity contribution >= 4 is 23.7 Å². The quantitative estimate of drug-likeness (QED) is 0.235. The van der Waals surface area contributed by atoms with Crippen LogP contribution in [-0.4, -0.2) is 35.1 Å². The molecule has 9 heteroatoms. The number of nitrogens with zero attached hydrogens (tertiary/aromatic N) is 3. The van der Waals surface area contributed by atoms with Gasteiger partial charge < -0.3 is 9.15 Å². The van der Waals surface area contributed by atoms with Gasteiger partial charge in [-0.25, -0.2) is 0 Å². The molecule has 0 radical (unpaired) electrons. The number of carbonyl (C=O) groups excluding carboxylic acids is 2. The van der Waals surface area contributed by atoms with Crippen LogP contribution in [0.15, 0.2) is 52.0 Å². The first-order valence-corrected chi connectivity index (χ1v) is 10.5. The van der Waals surface area contributed by atoms with Crippen molar-refractivity contribution in [3.05, 3.63) is 58.4 Å². The third-order valence-corrected chi connectivity index (χ3v) is 7.23. The Labute approximate surface area is 182 Å². The van der Waals surface area contributed by atoms with Gasteiger partial charge in [0.1, 0.15) is 17.3 Å². The Balaban J connectivity index is 1.25. The third-order valence-electron chi connectivity index (χ3n) is 7.23. The molecule has 2 aromatic rings. The van der Waals surface area contributed by atoms with Crippen LogP contribution in [0.3, 0.4) is 0 Å². The van der Waals surface area contributed by atoms with Gasteiger partial charge in [-0.05, 0) is 54.4 Å². The molecule has 6 atom stereocenters. The van der Waals surface area contributed by atoms with Crippen LogP contribution in [-0.2, 0) is 9.59 Å². The number of methoxy groups -OCH3 is 1. The van der Waals surface area contributed by atoms with E-state index in [1.54, 1.807) is 24.3 Å². The number of benzene rings is 1. The number of carbonyl (C=O) groups is 2. The van der Waals surface area contributed by atoms with Crippen LogP contribution in [0, 0.1) is 45.6 Å². The fraction of sp³-hybridized carbons (Fsp3) is 0.348. The largest absolute Gasteiger partial charge is 0.497 e. The normalized spacial score (nSPS) is 31.8. The lowest BCUT2D eigenvalue weighted by Crippen LogP contribution is -2.40. The summed E-state index contributed by atoms with van der Waals surface area (Å²) in [4.78, 5) is 36.9. The average molecular weight is 433 g/mol. The van der Waals surface area contributed by atoms with Crippen molar-refractivity contribution in [2.75, 3.05) is 7.11 Å². The smallest absolute Gasteiger partial charge is 0.284 e. The van der Waals surface area contributed by atoms with Gasteiger partial charge in [-0.3, -0.25) is 19.7 Å². The van der Waals surface area contributed by atoms with E-state index in [0.717, 1.165) is 11.4 Å². The number of nitro benzene ring substituents is 1. The Morgan fingerprint density at radius 3 is 2.44 bits per heavy atom. The van der Waals surface area contributed by atoms with Crippen LogP contribution in [0.4, 0.5) is 5.69 Å². The number of nitro groups is 1. The van der Waals surface area contributed by atoms with Gasteiger partial charge in [0.25, 0.3) is 17.5 Å². The molecule has 162 valence electrons. The van der Waals surface area contributed by atoms with Crippen LogP contribution < -0.4 is 4.74 Å². The number of allylic oxidation sites excluding steroid dienone is 2. The van der Waals surface area contributed by atoms with Crippen molar-refractivity contribution in [3.8, 4) is 17.1 Å². The second-order valence-electron chi connectivity index (χ2n) is 8.73. The van der Waals surface area contributed by atoms with Crippen LogP contribution in [0.1, 0.15) is 12.2 Å². The first-order valence-electron chi connectivity index (χ1n) is 10.5. The van der Waals surface area contributed by atoms with Gasteiger partial charge in [0, 0.05) is 0 Å². The maximum Gasteiger partial charge on any atom is 0.284 e. The predicted molar refractivity (Wildman–Crippen MR) is 111 cm³/mol. The minimum absolute atomic E-state index is 0.137. The number of amides is 2. The number of ether oxygens (including phenoxy) is 1. The van der Waals surface area contributed by atoms with Crippen LogP contribution in [0.5, 0.6) is 5.75 Å². The molecule has 2 heterocycles. The van der Waals surface area contributed by atoms with Crippen molar-refractivity contribution in [2.24, 2.45) is 40.6 Å². The zero-order valence-corrected chi connectivity index (χ0v) is 17.1. The van der Waals surface area contributed by atoms with E-state index >= 15 is 0 Å². The number of imide groups is 1. The summed E-state index contributed by atoms with van der Waals surface area (Å²) in [7, 11) is 1.43. The zero-order valence-electron chi connectivity index (χ0n) is 17.1. The molecular weight excluding hydrogens is 414 g/mol. The highest BCUT2D eigenvalue weighted by atomic mass is 16.6. The first-order chi connectivity index (χ1) is 15.5. The summed E-state index contributed by atoms with van der Waals surface area (Å²) < 4.78 is 10.8. The highest BCUT2D eigenvalue weighted by molar-refractivity contribution is 6.06. The van der Waals surface area contributed by atoms with Gasteiger partial charge in [-0.1, -0.05) is 12.2 Å². The van der Waals surface area contributed by atoms with Gasteiger partial charge in [-0.15, -0.1) is 0 Å². The number of furan rings is 1. The molecule has 1 aromatic carbocycles. The molecular formula is C23H19N3O6. The van der Waals surface area contributed by atoms with Crippen molar-refractivity contribution in [1.29, 1.82) is 0 Å². The number of hydrogen-bond acceptors (Lipinski definition) is 7. The fourth-order valence-corrected chi connectivity index (χ4v) is 5.73. The summed E-state index contributed by atoms with van der Waals surface area (Å²) in [5, 5.41) is 16.6. The monoisotopic (exact) mass is 433 g/mol. The molecule has 32 heavy (non-hydrogen) atoms. The molecule has 9 nitrogen and oxygen atoms in total. The van der Waals surface area contributed by atoms with E-state index in [1.165, 1.54) is 19.4 Å². The van der Waals surface area contributed by atoms with E-state index in [-0.39, 0.29) is 58.3 Å². The lowest BCUT2D eigenvalue weighted by atomic mass is 9.63. The Morgan fingerprint density at radius 2 is 1.81 bits per heavy atom. The van der Waals surface area contributed by atoms with Crippen LogP contribution in [0.25, 0.3) is 11.3 Å². The van der Waals surface area contributed by atoms with E-state index in [4.69, 9.17) is 9.15 Å². The first kappa shape index (κ1) is 19.0. The molecule has 0 N–H and O–H groups in total. The molecule has 2 bridgehead atoms. The number of hydrazone groups is 1.